The van der Waals surface area contributed by atoms with Crippen LogP contribution in [0.1, 0.15) is 24.6 Å². The Hall–Kier alpha value is -1.30. The smallest absolute Gasteiger partial charge is 0.231 e. The zero-order chi connectivity index (χ0) is 7.56. The third kappa shape index (κ3) is 1.16. The van der Waals surface area contributed by atoms with Crippen molar-refractivity contribution in [1.82, 2.24) is 10.2 Å². The van der Waals surface area contributed by atoms with E-state index in [9.17, 15) is 0 Å². The molecule has 0 fully saturated rings. The fourth-order valence-electron chi connectivity index (χ4n) is 0.558. The van der Waals surface area contributed by atoms with E-state index in [-0.39, 0.29) is 5.92 Å². The summed E-state index contributed by atoms with van der Waals surface area (Å²) in [6.07, 6.45) is 5.14. The Kier molecular flexibility index (Phi) is 1.72. The third-order valence-electron chi connectivity index (χ3n) is 1.16. The van der Waals surface area contributed by atoms with E-state index in [1.807, 2.05) is 6.92 Å². The Labute approximate surface area is 59.5 Å². The summed E-state index contributed by atoms with van der Waals surface area (Å²) in [5.41, 5.74) is 0. The van der Waals surface area contributed by atoms with Crippen molar-refractivity contribution in [3.8, 4) is 12.3 Å². The summed E-state index contributed by atoms with van der Waals surface area (Å²) in [4.78, 5) is 0. The van der Waals surface area contributed by atoms with Gasteiger partial charge in [-0.15, -0.1) is 16.6 Å². The topological polar surface area (TPSA) is 38.9 Å². The summed E-state index contributed by atoms with van der Waals surface area (Å²) in [6.45, 7) is 3.58. The molecule has 0 radical (unpaired) electrons. The number of rotatable bonds is 1. The van der Waals surface area contributed by atoms with Gasteiger partial charge in [0.2, 0.25) is 11.8 Å². The fourth-order valence-corrected chi connectivity index (χ4v) is 0.558. The summed E-state index contributed by atoms with van der Waals surface area (Å²) in [7, 11) is 0. The van der Waals surface area contributed by atoms with Crippen LogP contribution in [0, 0.1) is 19.3 Å². The molecular weight excluding hydrogens is 128 g/mol. The molecule has 1 unspecified atom stereocenters. The zero-order valence-electron chi connectivity index (χ0n) is 5.96. The summed E-state index contributed by atoms with van der Waals surface area (Å²) in [5, 5.41) is 7.40. The van der Waals surface area contributed by atoms with Gasteiger partial charge in [0.05, 0.1) is 5.92 Å². The van der Waals surface area contributed by atoms with E-state index in [2.05, 4.69) is 16.1 Å². The number of aromatic nitrogens is 2. The number of hydrogen-bond acceptors (Lipinski definition) is 3. The third-order valence-corrected chi connectivity index (χ3v) is 1.16. The second-order valence-electron chi connectivity index (χ2n) is 2.05. The van der Waals surface area contributed by atoms with Gasteiger partial charge in [-0.25, -0.2) is 0 Å². The first-order valence-corrected chi connectivity index (χ1v) is 3.00. The molecule has 0 aliphatic heterocycles. The second kappa shape index (κ2) is 2.53. The van der Waals surface area contributed by atoms with E-state index in [0.29, 0.717) is 11.8 Å². The molecule has 10 heavy (non-hydrogen) atoms. The highest BCUT2D eigenvalue weighted by Crippen LogP contribution is 2.10. The Morgan fingerprint density at radius 1 is 1.60 bits per heavy atom. The van der Waals surface area contributed by atoms with Crippen LogP contribution in [0.2, 0.25) is 0 Å². The first-order valence-electron chi connectivity index (χ1n) is 3.00. The van der Waals surface area contributed by atoms with Crippen molar-refractivity contribution < 1.29 is 4.42 Å². The summed E-state index contributed by atoms with van der Waals surface area (Å²) in [5.74, 6) is 3.48. The van der Waals surface area contributed by atoms with Crippen molar-refractivity contribution in [3.05, 3.63) is 11.8 Å². The molecule has 3 heteroatoms. The Morgan fingerprint density at radius 2 is 2.30 bits per heavy atom. The van der Waals surface area contributed by atoms with Crippen molar-refractivity contribution in [2.45, 2.75) is 19.8 Å². The molecule has 0 aliphatic carbocycles. The molecule has 1 aromatic rings. The number of hydrogen-bond donors (Lipinski definition) is 0. The summed E-state index contributed by atoms with van der Waals surface area (Å²) in [6, 6.07) is 0. The fraction of sp³-hybridized carbons (Fsp3) is 0.429. The molecule has 1 rings (SSSR count). The summed E-state index contributed by atoms with van der Waals surface area (Å²) >= 11 is 0. The highest BCUT2D eigenvalue weighted by molar-refractivity contribution is 5.06. The lowest BCUT2D eigenvalue weighted by Gasteiger charge is -1.91. The van der Waals surface area contributed by atoms with Crippen LogP contribution >= 0.6 is 0 Å². The SMILES string of the molecule is C#CC(C)c1nnc(C)o1. The maximum atomic E-state index is 5.14. The van der Waals surface area contributed by atoms with Crippen LogP contribution in [0.4, 0.5) is 0 Å². The molecule has 0 saturated carbocycles. The van der Waals surface area contributed by atoms with Gasteiger partial charge in [-0.05, 0) is 6.92 Å². The van der Waals surface area contributed by atoms with E-state index in [1.54, 1.807) is 6.92 Å². The van der Waals surface area contributed by atoms with E-state index in [1.165, 1.54) is 0 Å². The van der Waals surface area contributed by atoms with Crippen LogP contribution in [0.3, 0.4) is 0 Å². The maximum absolute atomic E-state index is 5.14. The van der Waals surface area contributed by atoms with Crippen molar-refractivity contribution in [3.63, 3.8) is 0 Å². The summed E-state index contributed by atoms with van der Waals surface area (Å²) < 4.78 is 5.07. The molecular formula is C7H8N2O. The molecule has 1 aromatic heterocycles. The molecule has 0 amide bonds. The molecule has 3 nitrogen and oxygen atoms in total. The van der Waals surface area contributed by atoms with Crippen molar-refractivity contribution >= 4 is 0 Å². The van der Waals surface area contributed by atoms with Crippen LogP contribution in [0.15, 0.2) is 4.42 Å². The molecule has 0 N–H and O–H groups in total. The normalized spacial score (nSPS) is 12.5. The average Bonchev–Trinajstić information content (AvgIpc) is 2.34. The van der Waals surface area contributed by atoms with E-state index < -0.39 is 0 Å². The lowest BCUT2D eigenvalue weighted by Crippen LogP contribution is -1.88. The van der Waals surface area contributed by atoms with Crippen molar-refractivity contribution in [1.29, 1.82) is 0 Å². The second-order valence-corrected chi connectivity index (χ2v) is 2.05. The van der Waals surface area contributed by atoms with Gasteiger partial charge in [-0.2, -0.15) is 0 Å². The van der Waals surface area contributed by atoms with Gasteiger partial charge < -0.3 is 4.42 Å². The average molecular weight is 136 g/mol. The number of terminal acetylenes is 1. The van der Waals surface area contributed by atoms with E-state index in [4.69, 9.17) is 10.8 Å². The van der Waals surface area contributed by atoms with Crippen molar-refractivity contribution in [2.24, 2.45) is 0 Å². The van der Waals surface area contributed by atoms with E-state index >= 15 is 0 Å². The molecule has 52 valence electrons. The van der Waals surface area contributed by atoms with E-state index in [0.717, 1.165) is 0 Å². The Bertz CT molecular complexity index is 259. The van der Waals surface area contributed by atoms with Gasteiger partial charge >= 0.3 is 0 Å². The highest BCUT2D eigenvalue weighted by atomic mass is 16.4. The molecule has 0 saturated heterocycles. The largest absolute Gasteiger partial charge is 0.424 e. The zero-order valence-corrected chi connectivity index (χ0v) is 5.96. The predicted molar refractivity (Wildman–Crippen MR) is 36.3 cm³/mol. The molecule has 0 spiro atoms. The van der Waals surface area contributed by atoms with Crippen LogP contribution in [0.25, 0.3) is 0 Å². The Balaban J connectivity index is 2.87. The molecule has 0 aliphatic rings. The van der Waals surface area contributed by atoms with Gasteiger partial charge in [0, 0.05) is 6.92 Å². The first kappa shape index (κ1) is 6.81. The first-order chi connectivity index (χ1) is 4.74. The number of aryl methyl sites for hydroxylation is 1. The Morgan fingerprint density at radius 3 is 2.70 bits per heavy atom. The molecule has 0 aromatic carbocycles. The standard InChI is InChI=1S/C7H8N2O/c1-4-5(2)7-9-8-6(3)10-7/h1,5H,2-3H3. The minimum atomic E-state index is -0.0822. The van der Waals surface area contributed by atoms with Gasteiger partial charge in [-0.1, -0.05) is 5.92 Å². The van der Waals surface area contributed by atoms with Crippen LogP contribution < -0.4 is 0 Å². The molecule has 0 bridgehead atoms. The highest BCUT2D eigenvalue weighted by Gasteiger charge is 2.07. The van der Waals surface area contributed by atoms with Crippen LogP contribution in [0.5, 0.6) is 0 Å². The van der Waals surface area contributed by atoms with Crippen molar-refractivity contribution in [2.75, 3.05) is 0 Å². The lowest BCUT2D eigenvalue weighted by molar-refractivity contribution is 0.462. The van der Waals surface area contributed by atoms with Gasteiger partial charge in [0.15, 0.2) is 0 Å². The quantitative estimate of drug-likeness (QED) is 0.543. The van der Waals surface area contributed by atoms with Gasteiger partial charge in [0.25, 0.3) is 0 Å². The minimum Gasteiger partial charge on any atom is -0.424 e. The number of nitrogens with zero attached hydrogens (tertiary/aromatic N) is 2. The maximum Gasteiger partial charge on any atom is 0.231 e. The van der Waals surface area contributed by atoms with Crippen LogP contribution in [-0.4, -0.2) is 10.2 Å². The predicted octanol–water partition coefficient (Wildman–Crippen LogP) is 1.11. The lowest BCUT2D eigenvalue weighted by atomic mass is 10.2. The van der Waals surface area contributed by atoms with Crippen LogP contribution in [-0.2, 0) is 0 Å². The minimum absolute atomic E-state index is 0.0822. The van der Waals surface area contributed by atoms with Gasteiger partial charge in [-0.3, -0.25) is 0 Å². The van der Waals surface area contributed by atoms with Gasteiger partial charge in [0.1, 0.15) is 0 Å². The monoisotopic (exact) mass is 136 g/mol. The molecule has 1 heterocycles. The molecule has 1 atom stereocenters.